The number of thioether (sulfide) groups is 1. The van der Waals surface area contributed by atoms with Crippen LogP contribution in [0.5, 0.6) is 5.75 Å². The van der Waals surface area contributed by atoms with E-state index in [0.29, 0.717) is 21.7 Å². The van der Waals surface area contributed by atoms with Crippen LogP contribution in [0.2, 0.25) is 5.02 Å². The SMILES string of the molecule is Cc1ccc(COc2ccc(C=C3SC(=Nc4ccc(Cl)cc4)NC3=O)cc2)cc1. The monoisotopic (exact) mass is 434 g/mol. The minimum Gasteiger partial charge on any atom is -0.489 e. The number of nitrogens with zero attached hydrogens (tertiary/aromatic N) is 1. The number of carbonyl (C=O) groups is 1. The normalized spacial score (nSPS) is 16.1. The van der Waals surface area contributed by atoms with Crippen molar-refractivity contribution in [3.63, 3.8) is 0 Å². The summed E-state index contributed by atoms with van der Waals surface area (Å²) in [6.07, 6.45) is 1.84. The van der Waals surface area contributed by atoms with Gasteiger partial charge in [0.2, 0.25) is 0 Å². The van der Waals surface area contributed by atoms with Gasteiger partial charge in [-0.3, -0.25) is 4.79 Å². The molecule has 1 amide bonds. The van der Waals surface area contributed by atoms with Gasteiger partial charge >= 0.3 is 0 Å². The van der Waals surface area contributed by atoms with E-state index in [2.05, 4.69) is 41.5 Å². The van der Waals surface area contributed by atoms with Crippen LogP contribution in [0.4, 0.5) is 5.69 Å². The van der Waals surface area contributed by atoms with E-state index < -0.39 is 0 Å². The second kappa shape index (κ2) is 9.20. The van der Waals surface area contributed by atoms with Crippen molar-refractivity contribution in [2.75, 3.05) is 0 Å². The minimum atomic E-state index is -0.160. The Balaban J connectivity index is 1.39. The van der Waals surface area contributed by atoms with Crippen LogP contribution in [0.3, 0.4) is 0 Å². The predicted molar refractivity (Wildman–Crippen MR) is 124 cm³/mol. The first-order valence-electron chi connectivity index (χ1n) is 9.39. The van der Waals surface area contributed by atoms with Crippen LogP contribution in [0.1, 0.15) is 16.7 Å². The molecule has 1 aliphatic heterocycles. The first-order chi connectivity index (χ1) is 14.5. The molecule has 1 aliphatic rings. The summed E-state index contributed by atoms with van der Waals surface area (Å²) in [7, 11) is 0. The van der Waals surface area contributed by atoms with Gasteiger partial charge in [-0.05, 0) is 72.3 Å². The molecule has 0 bridgehead atoms. The summed E-state index contributed by atoms with van der Waals surface area (Å²) in [4.78, 5) is 17.3. The average molecular weight is 435 g/mol. The van der Waals surface area contributed by atoms with Gasteiger partial charge < -0.3 is 10.1 Å². The second-order valence-electron chi connectivity index (χ2n) is 6.80. The van der Waals surface area contributed by atoms with E-state index in [1.807, 2.05) is 30.3 Å². The number of aryl methyl sites for hydroxylation is 1. The minimum absolute atomic E-state index is 0.160. The number of nitrogens with one attached hydrogen (secondary N) is 1. The van der Waals surface area contributed by atoms with Gasteiger partial charge in [-0.15, -0.1) is 0 Å². The van der Waals surface area contributed by atoms with Gasteiger partial charge in [-0.2, -0.15) is 0 Å². The quantitative estimate of drug-likeness (QED) is 0.492. The van der Waals surface area contributed by atoms with Crippen LogP contribution in [0.25, 0.3) is 6.08 Å². The largest absolute Gasteiger partial charge is 0.489 e. The zero-order valence-electron chi connectivity index (χ0n) is 16.3. The molecule has 0 aliphatic carbocycles. The van der Waals surface area contributed by atoms with E-state index in [0.717, 1.165) is 22.6 Å². The number of hydrogen-bond acceptors (Lipinski definition) is 4. The van der Waals surface area contributed by atoms with E-state index >= 15 is 0 Å². The fourth-order valence-corrected chi connectivity index (χ4v) is 3.74. The smallest absolute Gasteiger partial charge is 0.264 e. The number of ether oxygens (including phenoxy) is 1. The van der Waals surface area contributed by atoms with Crippen molar-refractivity contribution in [2.24, 2.45) is 4.99 Å². The van der Waals surface area contributed by atoms with Crippen LogP contribution < -0.4 is 10.1 Å². The number of amides is 1. The third-order valence-corrected chi connectivity index (χ3v) is 5.57. The zero-order chi connectivity index (χ0) is 20.9. The first kappa shape index (κ1) is 20.3. The highest BCUT2D eigenvalue weighted by atomic mass is 35.5. The Morgan fingerprint density at radius 2 is 1.70 bits per heavy atom. The van der Waals surface area contributed by atoms with Crippen LogP contribution in [-0.4, -0.2) is 11.1 Å². The van der Waals surface area contributed by atoms with E-state index in [-0.39, 0.29) is 5.91 Å². The third kappa shape index (κ3) is 5.32. The maximum atomic E-state index is 12.3. The predicted octanol–water partition coefficient (Wildman–Crippen LogP) is 6.12. The van der Waals surface area contributed by atoms with Gasteiger partial charge in [-0.25, -0.2) is 4.99 Å². The molecule has 3 aromatic rings. The Bertz CT molecular complexity index is 1110. The molecule has 4 rings (SSSR count). The van der Waals surface area contributed by atoms with Crippen molar-refractivity contribution in [3.05, 3.63) is 99.4 Å². The van der Waals surface area contributed by atoms with E-state index in [1.54, 1.807) is 24.3 Å². The van der Waals surface area contributed by atoms with Crippen molar-refractivity contribution in [2.45, 2.75) is 13.5 Å². The molecule has 0 spiro atoms. The summed E-state index contributed by atoms with van der Waals surface area (Å²) in [5, 5.41) is 3.98. The number of rotatable bonds is 5. The molecule has 0 atom stereocenters. The van der Waals surface area contributed by atoms with Crippen molar-refractivity contribution >= 4 is 46.2 Å². The standard InChI is InChI=1S/C24H19ClN2O2S/c1-16-2-4-18(5-3-16)15-29-21-12-6-17(7-13-21)14-22-23(28)27-24(30-22)26-20-10-8-19(25)9-11-20/h2-14H,15H2,1H3,(H,26,27,28). The summed E-state index contributed by atoms with van der Waals surface area (Å²) in [5.74, 6) is 0.624. The maximum Gasteiger partial charge on any atom is 0.264 e. The highest BCUT2D eigenvalue weighted by Gasteiger charge is 2.23. The molecule has 6 heteroatoms. The van der Waals surface area contributed by atoms with Gasteiger partial charge in [0, 0.05) is 5.02 Å². The Morgan fingerprint density at radius 1 is 1.00 bits per heavy atom. The third-order valence-electron chi connectivity index (χ3n) is 4.41. The summed E-state index contributed by atoms with van der Waals surface area (Å²) in [5.41, 5.74) is 4.01. The van der Waals surface area contributed by atoms with Gasteiger partial charge in [0.05, 0.1) is 10.6 Å². The average Bonchev–Trinajstić information content (AvgIpc) is 3.09. The van der Waals surface area contributed by atoms with Gasteiger partial charge in [0.25, 0.3) is 5.91 Å². The van der Waals surface area contributed by atoms with Crippen molar-refractivity contribution < 1.29 is 9.53 Å². The van der Waals surface area contributed by atoms with E-state index in [1.165, 1.54) is 17.3 Å². The number of carbonyl (C=O) groups excluding carboxylic acids is 1. The van der Waals surface area contributed by atoms with Crippen molar-refractivity contribution in [3.8, 4) is 5.75 Å². The zero-order valence-corrected chi connectivity index (χ0v) is 17.8. The molecule has 30 heavy (non-hydrogen) atoms. The summed E-state index contributed by atoms with van der Waals surface area (Å²) < 4.78 is 5.84. The summed E-state index contributed by atoms with van der Waals surface area (Å²) in [6, 6.07) is 23.1. The molecular formula is C24H19ClN2O2S. The molecule has 0 saturated carbocycles. The molecule has 3 aromatic carbocycles. The maximum absolute atomic E-state index is 12.3. The van der Waals surface area contributed by atoms with Crippen LogP contribution in [0, 0.1) is 6.92 Å². The molecule has 0 unspecified atom stereocenters. The van der Waals surface area contributed by atoms with Crippen molar-refractivity contribution in [1.82, 2.24) is 5.32 Å². The summed E-state index contributed by atoms with van der Waals surface area (Å²) >= 11 is 7.20. The van der Waals surface area contributed by atoms with Gasteiger partial charge in [-0.1, -0.05) is 53.6 Å². The molecule has 4 nitrogen and oxygen atoms in total. The number of amidine groups is 1. The Hall–Kier alpha value is -3.02. The lowest BCUT2D eigenvalue weighted by Crippen LogP contribution is -2.19. The van der Waals surface area contributed by atoms with Crippen molar-refractivity contribution in [1.29, 1.82) is 0 Å². The highest BCUT2D eigenvalue weighted by Crippen LogP contribution is 2.29. The molecule has 0 aromatic heterocycles. The molecule has 1 N–H and O–H groups in total. The molecule has 1 fully saturated rings. The Labute approximate surface area is 184 Å². The first-order valence-corrected chi connectivity index (χ1v) is 10.6. The Morgan fingerprint density at radius 3 is 2.40 bits per heavy atom. The number of benzene rings is 3. The second-order valence-corrected chi connectivity index (χ2v) is 8.27. The highest BCUT2D eigenvalue weighted by molar-refractivity contribution is 8.18. The molecule has 0 radical (unpaired) electrons. The van der Waals surface area contributed by atoms with Crippen LogP contribution in [0.15, 0.2) is 82.7 Å². The lowest BCUT2D eigenvalue weighted by molar-refractivity contribution is -0.115. The fourth-order valence-electron chi connectivity index (χ4n) is 2.78. The van der Waals surface area contributed by atoms with Crippen LogP contribution >= 0.6 is 23.4 Å². The lowest BCUT2D eigenvalue weighted by Gasteiger charge is -2.07. The molecule has 150 valence electrons. The number of hydrogen-bond donors (Lipinski definition) is 1. The van der Waals surface area contributed by atoms with Gasteiger partial charge in [0.15, 0.2) is 5.17 Å². The molecule has 1 heterocycles. The fraction of sp³-hybridized carbons (Fsp3) is 0.0833. The van der Waals surface area contributed by atoms with Gasteiger partial charge in [0.1, 0.15) is 12.4 Å². The van der Waals surface area contributed by atoms with Crippen LogP contribution in [-0.2, 0) is 11.4 Å². The van der Waals surface area contributed by atoms with E-state index in [9.17, 15) is 4.79 Å². The Kier molecular flexibility index (Phi) is 6.21. The summed E-state index contributed by atoms with van der Waals surface area (Å²) in [6.45, 7) is 2.58. The topological polar surface area (TPSA) is 50.7 Å². The molecular weight excluding hydrogens is 416 g/mol. The lowest BCUT2D eigenvalue weighted by atomic mass is 10.1. The molecule has 1 saturated heterocycles. The van der Waals surface area contributed by atoms with E-state index in [4.69, 9.17) is 16.3 Å². The number of halogens is 1. The number of aliphatic imine (C=N–C) groups is 1.